The number of benzene rings is 1. The lowest BCUT2D eigenvalue weighted by atomic mass is 9.89. The van der Waals surface area contributed by atoms with Crippen LogP contribution in [-0.4, -0.2) is 22.1 Å². The van der Waals surface area contributed by atoms with Crippen LogP contribution in [0.4, 0.5) is 0 Å². The van der Waals surface area contributed by atoms with Crippen LogP contribution in [0, 0.1) is 6.92 Å². The van der Waals surface area contributed by atoms with Gasteiger partial charge >= 0.3 is 0 Å². The summed E-state index contributed by atoms with van der Waals surface area (Å²) >= 11 is 0. The second-order valence-electron chi connectivity index (χ2n) is 5.48. The number of aromatic amines is 1. The Hall–Kier alpha value is -1.35. The number of fused-ring (bicyclic) bond motifs is 3. The minimum Gasteiger partial charge on any atom is -0.342 e. The third-order valence-electron chi connectivity index (χ3n) is 4.38. The molecule has 3 heteroatoms. The molecule has 3 unspecified atom stereocenters. The van der Waals surface area contributed by atoms with Crippen molar-refractivity contribution in [2.45, 2.75) is 44.2 Å². The number of rotatable bonds is 1. The van der Waals surface area contributed by atoms with Gasteiger partial charge < -0.3 is 10.3 Å². The molecule has 4 rings (SSSR count). The van der Waals surface area contributed by atoms with E-state index >= 15 is 0 Å². The Morgan fingerprint density at radius 2 is 2.24 bits per heavy atom. The summed E-state index contributed by atoms with van der Waals surface area (Å²) in [7, 11) is 0. The van der Waals surface area contributed by atoms with Crippen molar-refractivity contribution in [1.29, 1.82) is 0 Å². The van der Waals surface area contributed by atoms with E-state index in [2.05, 4.69) is 35.4 Å². The maximum absolute atomic E-state index is 4.82. The van der Waals surface area contributed by atoms with Gasteiger partial charge in [-0.15, -0.1) is 0 Å². The van der Waals surface area contributed by atoms with Crippen LogP contribution in [0.1, 0.15) is 36.6 Å². The number of hydrogen-bond donors (Lipinski definition) is 2. The van der Waals surface area contributed by atoms with E-state index in [4.69, 9.17) is 4.98 Å². The molecule has 0 saturated carbocycles. The molecular formula is C14H17N3. The van der Waals surface area contributed by atoms with Gasteiger partial charge in [-0.1, -0.05) is 12.1 Å². The van der Waals surface area contributed by atoms with Crippen LogP contribution >= 0.6 is 0 Å². The minimum absolute atomic E-state index is 0.598. The quantitative estimate of drug-likeness (QED) is 0.785. The van der Waals surface area contributed by atoms with Crippen LogP contribution in [0.15, 0.2) is 18.2 Å². The molecule has 2 fully saturated rings. The van der Waals surface area contributed by atoms with Gasteiger partial charge in [-0.05, 0) is 37.8 Å². The first-order valence-electron chi connectivity index (χ1n) is 6.52. The predicted molar refractivity (Wildman–Crippen MR) is 68.1 cm³/mol. The zero-order valence-electron chi connectivity index (χ0n) is 10.0. The summed E-state index contributed by atoms with van der Waals surface area (Å²) in [5, 5.41) is 3.68. The smallest absolute Gasteiger partial charge is 0.112 e. The Kier molecular flexibility index (Phi) is 1.89. The second-order valence-corrected chi connectivity index (χ2v) is 5.48. The Balaban J connectivity index is 1.79. The Bertz CT molecular complexity index is 572. The highest BCUT2D eigenvalue weighted by Gasteiger charge is 2.41. The van der Waals surface area contributed by atoms with Gasteiger partial charge in [-0.2, -0.15) is 0 Å². The molecule has 3 nitrogen and oxygen atoms in total. The lowest BCUT2D eigenvalue weighted by molar-refractivity contribution is 0.491. The van der Waals surface area contributed by atoms with Crippen LogP contribution < -0.4 is 5.32 Å². The molecule has 2 aliphatic heterocycles. The van der Waals surface area contributed by atoms with E-state index in [1.165, 1.54) is 36.2 Å². The molecule has 2 aliphatic rings. The summed E-state index contributed by atoms with van der Waals surface area (Å²) in [6.07, 6.45) is 3.91. The van der Waals surface area contributed by atoms with Crippen molar-refractivity contribution in [3.05, 3.63) is 29.6 Å². The van der Waals surface area contributed by atoms with E-state index in [0.717, 1.165) is 11.6 Å². The number of aryl methyl sites for hydroxylation is 1. The summed E-state index contributed by atoms with van der Waals surface area (Å²) in [6.45, 7) is 2.13. The van der Waals surface area contributed by atoms with Gasteiger partial charge in [0.2, 0.25) is 0 Å². The standard InChI is InChI=1S/C14H17N3/c1-8-3-2-4-12-13(8)17-14(16-12)10-7-9-5-6-11(10)15-9/h2-4,9-11,15H,5-7H2,1H3,(H,16,17). The van der Waals surface area contributed by atoms with Crippen LogP contribution in [0.25, 0.3) is 11.0 Å². The third kappa shape index (κ3) is 1.35. The number of nitrogens with zero attached hydrogens (tertiary/aromatic N) is 1. The molecule has 2 aromatic rings. The van der Waals surface area contributed by atoms with Crippen molar-refractivity contribution in [2.75, 3.05) is 0 Å². The number of imidazole rings is 1. The molecule has 88 valence electrons. The Morgan fingerprint density at radius 3 is 2.94 bits per heavy atom. The molecule has 2 N–H and O–H groups in total. The zero-order chi connectivity index (χ0) is 11.4. The fourth-order valence-corrected chi connectivity index (χ4v) is 3.50. The third-order valence-corrected chi connectivity index (χ3v) is 4.38. The number of H-pyrrole nitrogens is 1. The topological polar surface area (TPSA) is 40.7 Å². The predicted octanol–water partition coefficient (Wildman–Crippen LogP) is 2.48. The van der Waals surface area contributed by atoms with E-state index in [-0.39, 0.29) is 0 Å². The normalized spacial score (nSPS) is 31.5. The molecule has 17 heavy (non-hydrogen) atoms. The fraction of sp³-hybridized carbons (Fsp3) is 0.500. The molecule has 0 aliphatic carbocycles. The highest BCUT2D eigenvalue weighted by atomic mass is 15.1. The van der Waals surface area contributed by atoms with Gasteiger partial charge in [0.1, 0.15) is 5.82 Å². The summed E-state index contributed by atoms with van der Waals surface area (Å²) in [5.41, 5.74) is 3.59. The minimum atomic E-state index is 0.598. The maximum atomic E-state index is 4.82. The van der Waals surface area contributed by atoms with Crippen LogP contribution in [0.2, 0.25) is 0 Å². The van der Waals surface area contributed by atoms with Crippen molar-refractivity contribution < 1.29 is 0 Å². The Labute approximate surface area is 101 Å². The molecule has 1 aromatic carbocycles. The molecule has 0 amide bonds. The van der Waals surface area contributed by atoms with Gasteiger partial charge in [0, 0.05) is 18.0 Å². The van der Waals surface area contributed by atoms with Gasteiger partial charge in [-0.3, -0.25) is 0 Å². The lowest BCUT2D eigenvalue weighted by Gasteiger charge is -2.17. The summed E-state index contributed by atoms with van der Waals surface area (Å²) in [6, 6.07) is 7.74. The van der Waals surface area contributed by atoms with Gasteiger partial charge in [0.15, 0.2) is 0 Å². The maximum Gasteiger partial charge on any atom is 0.112 e. The molecule has 3 atom stereocenters. The highest BCUT2D eigenvalue weighted by molar-refractivity contribution is 5.78. The first-order chi connectivity index (χ1) is 8.31. The van der Waals surface area contributed by atoms with Gasteiger partial charge in [0.05, 0.1) is 11.0 Å². The van der Waals surface area contributed by atoms with Crippen molar-refractivity contribution in [3.63, 3.8) is 0 Å². The second kappa shape index (κ2) is 3.33. The van der Waals surface area contributed by atoms with Crippen molar-refractivity contribution >= 4 is 11.0 Å². The van der Waals surface area contributed by atoms with E-state index in [0.29, 0.717) is 12.0 Å². The number of hydrogen-bond acceptors (Lipinski definition) is 2. The number of nitrogens with one attached hydrogen (secondary N) is 2. The highest BCUT2D eigenvalue weighted by Crippen LogP contribution is 2.39. The molecule has 1 aromatic heterocycles. The first kappa shape index (κ1) is 9.66. The Morgan fingerprint density at radius 1 is 1.29 bits per heavy atom. The first-order valence-corrected chi connectivity index (χ1v) is 6.52. The summed E-state index contributed by atoms with van der Waals surface area (Å²) in [4.78, 5) is 8.33. The molecule has 0 radical (unpaired) electrons. The van der Waals surface area contributed by atoms with Gasteiger partial charge in [-0.25, -0.2) is 4.98 Å². The van der Waals surface area contributed by atoms with Gasteiger partial charge in [0.25, 0.3) is 0 Å². The SMILES string of the molecule is Cc1cccc2[nH]c(C3CC4CCC3N4)nc12. The molecule has 2 saturated heterocycles. The molecule has 0 spiro atoms. The van der Waals surface area contributed by atoms with Crippen LogP contribution in [0.3, 0.4) is 0 Å². The number of aromatic nitrogens is 2. The van der Waals surface area contributed by atoms with E-state index in [9.17, 15) is 0 Å². The zero-order valence-corrected chi connectivity index (χ0v) is 10.0. The average molecular weight is 227 g/mol. The average Bonchev–Trinajstić information content (AvgIpc) is 3.03. The van der Waals surface area contributed by atoms with Crippen molar-refractivity contribution in [2.24, 2.45) is 0 Å². The van der Waals surface area contributed by atoms with Crippen LogP contribution in [-0.2, 0) is 0 Å². The van der Waals surface area contributed by atoms with Crippen molar-refractivity contribution in [3.8, 4) is 0 Å². The lowest BCUT2D eigenvalue weighted by Crippen LogP contribution is -2.22. The van der Waals surface area contributed by atoms with E-state index in [1.54, 1.807) is 0 Å². The number of para-hydroxylation sites is 1. The van der Waals surface area contributed by atoms with E-state index in [1.807, 2.05) is 0 Å². The van der Waals surface area contributed by atoms with Crippen molar-refractivity contribution in [1.82, 2.24) is 15.3 Å². The molecule has 2 bridgehead atoms. The molecule has 3 heterocycles. The van der Waals surface area contributed by atoms with Crippen LogP contribution in [0.5, 0.6) is 0 Å². The van der Waals surface area contributed by atoms with E-state index < -0.39 is 0 Å². The molecular weight excluding hydrogens is 210 g/mol. The summed E-state index contributed by atoms with van der Waals surface area (Å²) < 4.78 is 0. The fourth-order valence-electron chi connectivity index (χ4n) is 3.50. The largest absolute Gasteiger partial charge is 0.342 e. The monoisotopic (exact) mass is 227 g/mol. The summed E-state index contributed by atoms with van der Waals surface area (Å²) in [5.74, 6) is 1.79.